The van der Waals surface area contributed by atoms with Gasteiger partial charge in [-0.2, -0.15) is 0 Å². The first-order valence-electron chi connectivity index (χ1n) is 1.28. The van der Waals surface area contributed by atoms with E-state index in [9.17, 15) is 0 Å². The van der Waals surface area contributed by atoms with E-state index < -0.39 is 0 Å². The molecular formula is H8N2P4. The molecule has 0 heterocycles. The van der Waals surface area contributed by atoms with E-state index in [1.54, 1.807) is 0 Å². The van der Waals surface area contributed by atoms with E-state index in [1.807, 2.05) is 0 Å². The Bertz CT molecular complexity index is 24.7. The van der Waals surface area contributed by atoms with Crippen molar-refractivity contribution in [3.05, 3.63) is 0 Å². The first kappa shape index (κ1) is 7.64. The molecule has 0 aromatic heterocycles. The Labute approximate surface area is 45.0 Å². The van der Waals surface area contributed by atoms with Crippen molar-refractivity contribution >= 4 is 33.3 Å². The summed E-state index contributed by atoms with van der Waals surface area (Å²) in [7, 11) is 5.96. The zero-order valence-corrected chi connectivity index (χ0v) is 7.38. The summed E-state index contributed by atoms with van der Waals surface area (Å²) in [6.07, 6.45) is 0. The highest BCUT2D eigenvalue weighted by Crippen LogP contribution is 2.61. The third-order valence-electron chi connectivity index (χ3n) is 0.278. The molecule has 38 valence electrons. The number of hydrogen-bond acceptors (Lipinski definition) is 2. The standard InChI is InChI=1S/H8N2P4/c1-2-6(4)5-3/h2,5H,1,3-4H2. The van der Waals surface area contributed by atoms with Gasteiger partial charge in [-0.25, -0.2) is 5.20 Å². The fraction of sp³-hybridized carbons (Fsp3) is 0. The molecule has 0 fully saturated rings. The highest BCUT2D eigenvalue weighted by atomic mass is 32.6. The second-order valence-corrected chi connectivity index (χ2v) is 9.53. The smallest absolute Gasteiger partial charge is 0.0203 e. The normalized spacial score (nSPS) is 16.5. The number of rotatable bonds is 2. The van der Waals surface area contributed by atoms with E-state index in [4.69, 9.17) is 5.84 Å². The molecule has 0 aliphatic heterocycles. The summed E-state index contributed by atoms with van der Waals surface area (Å²) < 4.78 is 0. The van der Waals surface area contributed by atoms with Gasteiger partial charge in [-0.15, -0.1) is 8.93 Å². The van der Waals surface area contributed by atoms with Gasteiger partial charge in [0.05, 0.1) is 0 Å². The molecule has 0 aliphatic carbocycles. The summed E-state index contributed by atoms with van der Waals surface area (Å²) in [6.45, 7) is 0. The minimum atomic E-state index is -0.141. The van der Waals surface area contributed by atoms with Gasteiger partial charge in [-0.05, 0) is 0 Å². The summed E-state index contributed by atoms with van der Waals surface area (Å²) in [4.78, 5) is 0. The van der Waals surface area contributed by atoms with Crippen molar-refractivity contribution < 1.29 is 0 Å². The predicted molar refractivity (Wildman–Crippen MR) is 42.0 cm³/mol. The molecule has 0 aromatic carbocycles. The molecule has 4 unspecified atom stereocenters. The van der Waals surface area contributed by atoms with Crippen molar-refractivity contribution in [2.24, 2.45) is 5.84 Å². The van der Waals surface area contributed by atoms with Gasteiger partial charge in [0.25, 0.3) is 0 Å². The molecule has 0 aromatic rings. The van der Waals surface area contributed by atoms with Crippen LogP contribution in [0.5, 0.6) is 0 Å². The van der Waals surface area contributed by atoms with Crippen LogP contribution in [0.4, 0.5) is 0 Å². The molecule has 0 rings (SSSR count). The zero-order chi connectivity index (χ0) is 4.99. The van der Waals surface area contributed by atoms with Gasteiger partial charge in [0.2, 0.25) is 0 Å². The Hall–Kier alpha value is 1.64. The SMILES string of the molecule is NNP(P)PP. The average Bonchev–Trinajstić information content (AvgIpc) is 1.65. The van der Waals surface area contributed by atoms with Gasteiger partial charge in [-0.3, -0.25) is 5.84 Å². The summed E-state index contributed by atoms with van der Waals surface area (Å²) in [5.74, 6) is 5.03. The van der Waals surface area contributed by atoms with Gasteiger partial charge >= 0.3 is 0 Å². The lowest BCUT2D eigenvalue weighted by Gasteiger charge is -2.02. The van der Waals surface area contributed by atoms with Crippen LogP contribution in [0, 0.1) is 0 Å². The third-order valence-corrected chi connectivity index (χ3v) is 9.03. The molecule has 0 saturated carbocycles. The Morgan fingerprint density at radius 2 is 2.33 bits per heavy atom. The summed E-state index contributed by atoms with van der Waals surface area (Å²) >= 11 is 0. The van der Waals surface area contributed by atoms with Gasteiger partial charge in [-0.1, -0.05) is 16.9 Å². The maximum Gasteiger partial charge on any atom is 0.0203 e. The van der Waals surface area contributed by atoms with Crippen molar-refractivity contribution in [1.29, 1.82) is 0 Å². The maximum absolute atomic E-state index is 5.03. The number of hydrogen-bond donors (Lipinski definition) is 2. The van der Waals surface area contributed by atoms with E-state index in [-0.39, 0.29) is 7.45 Å². The van der Waals surface area contributed by atoms with Gasteiger partial charge in [0.15, 0.2) is 0 Å². The fourth-order valence-electron chi connectivity index (χ4n) is 0.0373. The van der Waals surface area contributed by atoms with E-state index >= 15 is 0 Å². The Morgan fingerprint density at radius 1 is 1.83 bits per heavy atom. The quantitative estimate of drug-likeness (QED) is 0.359. The van der Waals surface area contributed by atoms with Crippen LogP contribution in [-0.2, 0) is 0 Å². The average molecular weight is 160 g/mol. The van der Waals surface area contributed by atoms with Crippen molar-refractivity contribution in [1.82, 2.24) is 5.20 Å². The maximum atomic E-state index is 5.03. The van der Waals surface area contributed by atoms with Crippen LogP contribution >= 0.6 is 33.3 Å². The van der Waals surface area contributed by atoms with Crippen molar-refractivity contribution in [2.45, 2.75) is 0 Å². The second-order valence-electron chi connectivity index (χ2n) is 0.628. The zero-order valence-electron chi connectivity index (χ0n) is 3.18. The first-order valence-corrected chi connectivity index (χ1v) is 7.89. The van der Waals surface area contributed by atoms with Gasteiger partial charge in [0, 0.05) is 7.45 Å². The van der Waals surface area contributed by atoms with Crippen LogP contribution in [0.3, 0.4) is 0 Å². The lowest BCUT2D eigenvalue weighted by Crippen LogP contribution is -2.09. The van der Waals surface area contributed by atoms with E-state index in [0.29, 0.717) is 0 Å². The molecule has 0 aliphatic rings. The Balaban J connectivity index is 2.75. The third kappa shape index (κ3) is 3.82. The predicted octanol–water partition coefficient (Wildman–Crippen LogP) is 1.02. The van der Waals surface area contributed by atoms with Crippen LogP contribution in [0.25, 0.3) is 0 Å². The molecule has 0 radical (unpaired) electrons. The first-order chi connectivity index (χ1) is 2.81. The lowest BCUT2D eigenvalue weighted by atomic mass is 13.0. The minimum Gasteiger partial charge on any atom is -0.267 e. The number of nitrogens with two attached hydrogens (primary N) is 1. The van der Waals surface area contributed by atoms with Crippen LogP contribution in [0.15, 0.2) is 0 Å². The molecule has 0 amide bonds. The van der Waals surface area contributed by atoms with Gasteiger partial charge < -0.3 is 0 Å². The lowest BCUT2D eigenvalue weighted by molar-refractivity contribution is 1.12. The van der Waals surface area contributed by atoms with Crippen LogP contribution < -0.4 is 11.0 Å². The largest absolute Gasteiger partial charge is 0.267 e. The number of hydrazine groups is 1. The van der Waals surface area contributed by atoms with Crippen molar-refractivity contribution in [3.63, 3.8) is 0 Å². The Morgan fingerprint density at radius 3 is 2.33 bits per heavy atom. The number of nitrogens with one attached hydrogen (secondary N) is 1. The molecule has 0 spiro atoms. The van der Waals surface area contributed by atoms with E-state index in [2.05, 4.69) is 23.1 Å². The van der Waals surface area contributed by atoms with Gasteiger partial charge in [0.1, 0.15) is 0 Å². The fourth-order valence-corrected chi connectivity index (χ4v) is 1.01. The molecule has 2 nitrogen and oxygen atoms in total. The summed E-state index contributed by atoms with van der Waals surface area (Å²) in [5, 5.41) is 2.63. The molecule has 0 saturated heterocycles. The molecule has 3 N–H and O–H groups in total. The molecule has 0 bridgehead atoms. The van der Waals surface area contributed by atoms with E-state index in [1.165, 1.54) is 0 Å². The minimum absolute atomic E-state index is 0.141. The molecule has 6 heteroatoms. The monoisotopic (exact) mass is 160 g/mol. The van der Waals surface area contributed by atoms with E-state index in [0.717, 1.165) is 7.96 Å². The molecule has 6 heavy (non-hydrogen) atoms. The summed E-state index contributed by atoms with van der Waals surface area (Å²) in [6, 6.07) is 0. The van der Waals surface area contributed by atoms with Crippen LogP contribution in [0.2, 0.25) is 0 Å². The highest BCUT2D eigenvalue weighted by molar-refractivity contribution is 8.60. The van der Waals surface area contributed by atoms with Crippen molar-refractivity contribution in [2.75, 3.05) is 0 Å². The second kappa shape index (κ2) is 4.79. The van der Waals surface area contributed by atoms with Crippen LogP contribution in [0.1, 0.15) is 0 Å². The molecular weight excluding hydrogens is 152 g/mol. The highest BCUT2D eigenvalue weighted by Gasteiger charge is 1.86. The van der Waals surface area contributed by atoms with Crippen molar-refractivity contribution in [3.8, 4) is 0 Å². The summed E-state index contributed by atoms with van der Waals surface area (Å²) in [5.41, 5.74) is 0. The topological polar surface area (TPSA) is 38.0 Å². The Kier molecular flexibility index (Phi) is 6.10. The molecule has 4 atom stereocenters. The van der Waals surface area contributed by atoms with Crippen LogP contribution in [-0.4, -0.2) is 0 Å².